The molecule has 1 aliphatic carbocycles. The minimum Gasteiger partial charge on any atom is -0.489 e. The van der Waals surface area contributed by atoms with Gasteiger partial charge in [-0.15, -0.1) is 0 Å². The quantitative estimate of drug-likeness (QED) is 0.793. The van der Waals surface area contributed by atoms with Crippen molar-refractivity contribution in [3.05, 3.63) is 17.8 Å². The lowest BCUT2D eigenvalue weighted by Crippen LogP contribution is -2.41. The van der Waals surface area contributed by atoms with Gasteiger partial charge in [0, 0.05) is 0 Å². The highest BCUT2D eigenvalue weighted by Crippen LogP contribution is 2.36. The zero-order valence-corrected chi connectivity index (χ0v) is 12.9. The molecule has 0 radical (unpaired) electrons. The summed E-state index contributed by atoms with van der Waals surface area (Å²) in [5.74, 6) is 0.868. The van der Waals surface area contributed by atoms with Crippen LogP contribution >= 0.6 is 0 Å². The third-order valence-corrected chi connectivity index (χ3v) is 4.37. The number of rotatable bonds is 3. The van der Waals surface area contributed by atoms with Crippen molar-refractivity contribution in [2.45, 2.75) is 64.8 Å². The maximum Gasteiger partial charge on any atom is 0.514 e. The smallest absolute Gasteiger partial charge is 0.489 e. The van der Waals surface area contributed by atoms with E-state index in [1.54, 1.807) is 0 Å². The summed E-state index contributed by atoms with van der Waals surface area (Å²) in [6.07, 6.45) is 2.69. The Bertz CT molecular complexity index is 510. The maximum absolute atomic E-state index is 6.01. The summed E-state index contributed by atoms with van der Waals surface area (Å²) in [6, 6.07) is 3.91. The SMILES string of the molecule is Cc1nc(B2OC(C)(C)C(C)(C)O2)ccc1OC1CC1. The number of pyridine rings is 1. The first-order chi connectivity index (χ1) is 9.28. The highest BCUT2D eigenvalue weighted by atomic mass is 16.7. The molecule has 0 N–H and O–H groups in total. The summed E-state index contributed by atoms with van der Waals surface area (Å²) in [5.41, 5.74) is 1.03. The standard InChI is InChI=1S/C15H22BNO3/c1-10-12(18-11-6-7-11)8-9-13(17-10)16-19-14(2,3)15(4,5)20-16/h8-9,11H,6-7H2,1-5H3. The van der Waals surface area contributed by atoms with E-state index in [2.05, 4.69) is 4.98 Å². The van der Waals surface area contributed by atoms with Crippen molar-refractivity contribution < 1.29 is 14.0 Å². The Morgan fingerprint density at radius 1 is 1.15 bits per heavy atom. The van der Waals surface area contributed by atoms with Gasteiger partial charge in [0.05, 0.1) is 28.6 Å². The summed E-state index contributed by atoms with van der Waals surface area (Å²) < 4.78 is 17.8. The molecular weight excluding hydrogens is 253 g/mol. The first-order valence-electron chi connectivity index (χ1n) is 7.28. The lowest BCUT2D eigenvalue weighted by Gasteiger charge is -2.32. The first-order valence-corrected chi connectivity index (χ1v) is 7.28. The van der Waals surface area contributed by atoms with Gasteiger partial charge in [0.2, 0.25) is 0 Å². The van der Waals surface area contributed by atoms with Crippen molar-refractivity contribution in [2.75, 3.05) is 0 Å². The van der Waals surface area contributed by atoms with E-state index < -0.39 is 7.12 Å². The van der Waals surface area contributed by atoms with Crippen LogP contribution in [0.25, 0.3) is 0 Å². The fourth-order valence-corrected chi connectivity index (χ4v) is 2.15. The molecule has 1 aliphatic heterocycles. The van der Waals surface area contributed by atoms with Crippen molar-refractivity contribution in [2.24, 2.45) is 0 Å². The van der Waals surface area contributed by atoms with Crippen LogP contribution in [0, 0.1) is 6.92 Å². The van der Waals surface area contributed by atoms with E-state index in [4.69, 9.17) is 14.0 Å². The molecular formula is C15H22BNO3. The zero-order valence-electron chi connectivity index (χ0n) is 12.9. The molecule has 20 heavy (non-hydrogen) atoms. The number of aromatic nitrogens is 1. The van der Waals surface area contributed by atoms with Crippen LogP contribution in [0.2, 0.25) is 0 Å². The van der Waals surface area contributed by atoms with Crippen LogP contribution < -0.4 is 10.3 Å². The molecule has 0 unspecified atom stereocenters. The monoisotopic (exact) mass is 275 g/mol. The van der Waals surface area contributed by atoms with Gasteiger partial charge in [0.25, 0.3) is 0 Å². The molecule has 1 aromatic heterocycles. The minimum atomic E-state index is -0.409. The lowest BCUT2D eigenvalue weighted by molar-refractivity contribution is 0.00578. The zero-order chi connectivity index (χ0) is 14.5. The molecule has 0 aromatic carbocycles. The molecule has 2 aliphatic rings. The fourth-order valence-electron chi connectivity index (χ4n) is 2.15. The van der Waals surface area contributed by atoms with Crippen LogP contribution in [0.4, 0.5) is 0 Å². The number of hydrogen-bond acceptors (Lipinski definition) is 4. The minimum absolute atomic E-state index is 0.337. The predicted molar refractivity (Wildman–Crippen MR) is 78.3 cm³/mol. The first kappa shape index (κ1) is 13.9. The van der Waals surface area contributed by atoms with E-state index in [1.807, 2.05) is 46.8 Å². The largest absolute Gasteiger partial charge is 0.514 e. The van der Waals surface area contributed by atoms with E-state index in [9.17, 15) is 0 Å². The molecule has 108 valence electrons. The Kier molecular flexibility index (Phi) is 3.10. The second-order valence-electron chi connectivity index (χ2n) is 6.73. The molecule has 4 nitrogen and oxygen atoms in total. The molecule has 1 saturated heterocycles. The Labute approximate surface area is 121 Å². The summed E-state index contributed by atoms with van der Waals surface area (Å²) in [6.45, 7) is 10.1. The normalized spacial score (nSPS) is 23.9. The van der Waals surface area contributed by atoms with Gasteiger partial charge in [-0.25, -0.2) is 0 Å². The van der Waals surface area contributed by atoms with Crippen LogP contribution in [-0.2, 0) is 9.31 Å². The molecule has 1 aromatic rings. The van der Waals surface area contributed by atoms with Gasteiger partial charge in [-0.1, -0.05) is 0 Å². The Morgan fingerprint density at radius 3 is 2.25 bits per heavy atom. The molecule has 0 amide bonds. The van der Waals surface area contributed by atoms with Crippen LogP contribution in [-0.4, -0.2) is 29.4 Å². The van der Waals surface area contributed by atoms with E-state index in [0.717, 1.165) is 29.9 Å². The molecule has 3 rings (SSSR count). The average molecular weight is 275 g/mol. The van der Waals surface area contributed by atoms with E-state index in [0.29, 0.717) is 6.10 Å². The number of nitrogens with zero attached hydrogens (tertiary/aromatic N) is 1. The fraction of sp³-hybridized carbons (Fsp3) is 0.667. The van der Waals surface area contributed by atoms with Crippen molar-refractivity contribution in [1.82, 2.24) is 4.98 Å². The van der Waals surface area contributed by atoms with Gasteiger partial charge >= 0.3 is 7.12 Å². The molecule has 2 heterocycles. The third-order valence-electron chi connectivity index (χ3n) is 4.37. The number of hydrogen-bond donors (Lipinski definition) is 0. The third kappa shape index (κ3) is 2.45. The van der Waals surface area contributed by atoms with Gasteiger partial charge in [-0.2, -0.15) is 0 Å². The molecule has 0 spiro atoms. The van der Waals surface area contributed by atoms with Crippen LogP contribution in [0.15, 0.2) is 12.1 Å². The van der Waals surface area contributed by atoms with Crippen LogP contribution in [0.3, 0.4) is 0 Å². The van der Waals surface area contributed by atoms with Crippen molar-refractivity contribution in [1.29, 1.82) is 0 Å². The Balaban J connectivity index is 1.79. The van der Waals surface area contributed by atoms with E-state index in [1.165, 1.54) is 0 Å². The van der Waals surface area contributed by atoms with Gasteiger partial charge in [-0.05, 0) is 59.6 Å². The average Bonchev–Trinajstić information content (AvgIpc) is 3.10. The molecule has 5 heteroatoms. The molecule has 0 atom stereocenters. The second-order valence-corrected chi connectivity index (χ2v) is 6.73. The van der Waals surface area contributed by atoms with Gasteiger partial charge in [0.1, 0.15) is 5.75 Å². The van der Waals surface area contributed by atoms with Crippen LogP contribution in [0.5, 0.6) is 5.75 Å². The van der Waals surface area contributed by atoms with Crippen molar-refractivity contribution >= 4 is 12.7 Å². The summed E-state index contributed by atoms with van der Waals surface area (Å²) in [4.78, 5) is 4.59. The van der Waals surface area contributed by atoms with Gasteiger partial charge < -0.3 is 14.0 Å². The Hall–Kier alpha value is -1.07. The second kappa shape index (κ2) is 4.47. The Morgan fingerprint density at radius 2 is 1.75 bits per heavy atom. The van der Waals surface area contributed by atoms with Crippen LogP contribution in [0.1, 0.15) is 46.2 Å². The van der Waals surface area contributed by atoms with Crippen molar-refractivity contribution in [3.8, 4) is 5.75 Å². The number of ether oxygens (including phenoxy) is 1. The topological polar surface area (TPSA) is 40.6 Å². The highest BCUT2D eigenvalue weighted by molar-refractivity contribution is 6.61. The van der Waals surface area contributed by atoms with Gasteiger partial charge in [-0.3, -0.25) is 4.98 Å². The maximum atomic E-state index is 6.01. The molecule has 0 bridgehead atoms. The number of aryl methyl sites for hydroxylation is 1. The molecule has 1 saturated carbocycles. The molecule has 2 fully saturated rings. The summed E-state index contributed by atoms with van der Waals surface area (Å²) in [5, 5.41) is 0. The van der Waals surface area contributed by atoms with Crippen molar-refractivity contribution in [3.63, 3.8) is 0 Å². The van der Waals surface area contributed by atoms with Gasteiger partial charge in [0.15, 0.2) is 0 Å². The summed E-state index contributed by atoms with van der Waals surface area (Å²) in [7, 11) is -0.409. The van der Waals surface area contributed by atoms with E-state index >= 15 is 0 Å². The summed E-state index contributed by atoms with van der Waals surface area (Å²) >= 11 is 0. The van der Waals surface area contributed by atoms with E-state index in [-0.39, 0.29) is 11.2 Å². The predicted octanol–water partition coefficient (Wildman–Crippen LogP) is 2.23. The lowest BCUT2D eigenvalue weighted by atomic mass is 9.84. The highest BCUT2D eigenvalue weighted by Gasteiger charge is 2.52.